The Labute approximate surface area is 122 Å². The molecule has 2 nitrogen and oxygen atoms in total. The zero-order valence-electron chi connectivity index (χ0n) is 12.0. The number of fused-ring (bicyclic) bond motifs is 1. The number of para-hydroxylation sites is 1. The number of carbonyl (C=O) groups excluding carboxylic acids is 1. The van der Waals surface area contributed by atoms with Gasteiger partial charge in [0, 0.05) is 22.7 Å². The van der Waals surface area contributed by atoms with Crippen LogP contribution in [0.3, 0.4) is 0 Å². The number of rotatable bonds is 3. The Bertz CT molecular complexity index is 832. The maximum Gasteiger partial charge on any atom is 0.198 e. The van der Waals surface area contributed by atoms with Gasteiger partial charge < -0.3 is 4.98 Å². The normalized spacial score (nSPS) is 11.0. The lowest BCUT2D eigenvalue weighted by atomic mass is 9.99. The molecule has 0 atom stereocenters. The SMILES string of the molecule is CCc1cccc2c(C(=O)c3cc(C)ccc3F)c[nH]c12. The van der Waals surface area contributed by atoms with Crippen molar-refractivity contribution in [3.8, 4) is 0 Å². The zero-order valence-corrected chi connectivity index (χ0v) is 12.0. The van der Waals surface area contributed by atoms with E-state index in [4.69, 9.17) is 0 Å². The van der Waals surface area contributed by atoms with Crippen LogP contribution >= 0.6 is 0 Å². The average molecular weight is 281 g/mol. The molecule has 0 amide bonds. The highest BCUT2D eigenvalue weighted by Gasteiger charge is 2.18. The Balaban J connectivity index is 2.16. The summed E-state index contributed by atoms with van der Waals surface area (Å²) in [5.74, 6) is -0.762. The van der Waals surface area contributed by atoms with Gasteiger partial charge in [-0.3, -0.25) is 4.79 Å². The van der Waals surface area contributed by atoms with Crippen LogP contribution < -0.4 is 0 Å². The van der Waals surface area contributed by atoms with Crippen molar-refractivity contribution >= 4 is 16.7 Å². The number of hydrogen-bond donors (Lipinski definition) is 1. The minimum Gasteiger partial charge on any atom is -0.360 e. The monoisotopic (exact) mass is 281 g/mol. The second-order valence-electron chi connectivity index (χ2n) is 5.21. The van der Waals surface area contributed by atoms with Crippen LogP contribution in [0.15, 0.2) is 42.6 Å². The van der Waals surface area contributed by atoms with Gasteiger partial charge in [0.1, 0.15) is 5.82 Å². The number of nitrogens with one attached hydrogen (secondary N) is 1. The van der Waals surface area contributed by atoms with E-state index in [1.807, 2.05) is 25.1 Å². The van der Waals surface area contributed by atoms with Gasteiger partial charge in [-0.15, -0.1) is 0 Å². The Kier molecular flexibility index (Phi) is 3.34. The second kappa shape index (κ2) is 5.17. The molecule has 1 aromatic heterocycles. The van der Waals surface area contributed by atoms with E-state index in [1.165, 1.54) is 6.07 Å². The Morgan fingerprint density at radius 1 is 1.19 bits per heavy atom. The summed E-state index contributed by atoms with van der Waals surface area (Å²) in [6, 6.07) is 10.5. The molecule has 3 heteroatoms. The van der Waals surface area contributed by atoms with E-state index in [2.05, 4.69) is 11.9 Å². The van der Waals surface area contributed by atoms with Crippen LogP contribution in [0.2, 0.25) is 0 Å². The van der Waals surface area contributed by atoms with Crippen LogP contribution in [0.25, 0.3) is 10.9 Å². The summed E-state index contributed by atoms with van der Waals surface area (Å²) in [5.41, 5.74) is 3.61. The number of halogens is 1. The Morgan fingerprint density at radius 2 is 2.00 bits per heavy atom. The third-order valence-corrected chi connectivity index (χ3v) is 3.79. The molecule has 21 heavy (non-hydrogen) atoms. The maximum atomic E-state index is 13.9. The van der Waals surface area contributed by atoms with Gasteiger partial charge in [0.2, 0.25) is 0 Å². The van der Waals surface area contributed by atoms with E-state index in [0.29, 0.717) is 5.56 Å². The summed E-state index contributed by atoms with van der Waals surface area (Å²) in [4.78, 5) is 15.8. The molecule has 0 saturated heterocycles. The summed E-state index contributed by atoms with van der Waals surface area (Å²) in [6.45, 7) is 3.91. The smallest absolute Gasteiger partial charge is 0.198 e. The molecule has 0 radical (unpaired) electrons. The van der Waals surface area contributed by atoms with Gasteiger partial charge in [0.25, 0.3) is 0 Å². The van der Waals surface area contributed by atoms with Gasteiger partial charge in [-0.1, -0.05) is 36.8 Å². The van der Waals surface area contributed by atoms with Crippen LogP contribution in [0.4, 0.5) is 4.39 Å². The van der Waals surface area contributed by atoms with Crippen LogP contribution in [-0.4, -0.2) is 10.8 Å². The quantitative estimate of drug-likeness (QED) is 0.709. The summed E-state index contributed by atoms with van der Waals surface area (Å²) >= 11 is 0. The third-order valence-electron chi connectivity index (χ3n) is 3.79. The summed E-state index contributed by atoms with van der Waals surface area (Å²) in [5, 5.41) is 0.847. The number of H-pyrrole nitrogens is 1. The average Bonchev–Trinajstić information content (AvgIpc) is 2.93. The molecule has 3 aromatic rings. The Hall–Kier alpha value is -2.42. The van der Waals surface area contributed by atoms with Crippen molar-refractivity contribution in [1.82, 2.24) is 4.98 Å². The number of aromatic nitrogens is 1. The minimum absolute atomic E-state index is 0.123. The van der Waals surface area contributed by atoms with Crippen molar-refractivity contribution in [3.63, 3.8) is 0 Å². The van der Waals surface area contributed by atoms with E-state index in [9.17, 15) is 9.18 Å². The van der Waals surface area contributed by atoms with Crippen molar-refractivity contribution in [1.29, 1.82) is 0 Å². The fraction of sp³-hybridized carbons (Fsp3) is 0.167. The number of aromatic amines is 1. The van der Waals surface area contributed by atoms with E-state index in [-0.39, 0.29) is 11.3 Å². The topological polar surface area (TPSA) is 32.9 Å². The van der Waals surface area contributed by atoms with Crippen molar-refractivity contribution in [2.45, 2.75) is 20.3 Å². The van der Waals surface area contributed by atoms with Crippen molar-refractivity contribution in [2.24, 2.45) is 0 Å². The lowest BCUT2D eigenvalue weighted by molar-refractivity contribution is 0.103. The van der Waals surface area contributed by atoms with Gasteiger partial charge in [-0.05, 0) is 31.0 Å². The maximum absolute atomic E-state index is 13.9. The lowest BCUT2D eigenvalue weighted by Gasteiger charge is -2.04. The summed E-state index contributed by atoms with van der Waals surface area (Å²) < 4.78 is 13.9. The number of hydrogen-bond acceptors (Lipinski definition) is 1. The van der Waals surface area contributed by atoms with Crippen LogP contribution in [0.1, 0.15) is 34.0 Å². The molecule has 0 aliphatic carbocycles. The minimum atomic E-state index is -0.480. The summed E-state index contributed by atoms with van der Waals surface area (Å²) in [6.07, 6.45) is 2.55. The summed E-state index contributed by atoms with van der Waals surface area (Å²) in [7, 11) is 0. The molecule has 0 unspecified atom stereocenters. The number of carbonyl (C=O) groups is 1. The van der Waals surface area contributed by atoms with Gasteiger partial charge in [-0.2, -0.15) is 0 Å². The molecular formula is C18H16FNO. The predicted octanol–water partition coefficient (Wildman–Crippen LogP) is 4.41. The fourth-order valence-electron chi connectivity index (χ4n) is 2.66. The standard InChI is InChI=1S/C18H16FNO/c1-3-12-5-4-6-13-15(10-20-17(12)13)18(21)14-9-11(2)7-8-16(14)19/h4-10,20H,3H2,1-2H3. The molecule has 1 heterocycles. The van der Waals surface area contributed by atoms with E-state index in [1.54, 1.807) is 18.3 Å². The molecular weight excluding hydrogens is 265 g/mol. The van der Waals surface area contributed by atoms with Crippen molar-refractivity contribution < 1.29 is 9.18 Å². The first-order valence-corrected chi connectivity index (χ1v) is 7.01. The van der Waals surface area contributed by atoms with Gasteiger partial charge in [-0.25, -0.2) is 4.39 Å². The number of ketones is 1. The van der Waals surface area contributed by atoms with E-state index < -0.39 is 5.82 Å². The van der Waals surface area contributed by atoms with Crippen molar-refractivity contribution in [3.05, 3.63) is 70.7 Å². The molecule has 0 bridgehead atoms. The molecule has 0 saturated carbocycles. The van der Waals surface area contributed by atoms with E-state index in [0.717, 1.165) is 28.5 Å². The second-order valence-corrected chi connectivity index (χ2v) is 5.21. The van der Waals surface area contributed by atoms with Gasteiger partial charge in [0.15, 0.2) is 5.78 Å². The van der Waals surface area contributed by atoms with Gasteiger partial charge >= 0.3 is 0 Å². The van der Waals surface area contributed by atoms with Gasteiger partial charge in [0.05, 0.1) is 5.56 Å². The highest BCUT2D eigenvalue weighted by atomic mass is 19.1. The largest absolute Gasteiger partial charge is 0.360 e. The van der Waals surface area contributed by atoms with Crippen LogP contribution in [-0.2, 0) is 6.42 Å². The molecule has 1 N–H and O–H groups in total. The molecule has 0 aliphatic rings. The molecule has 3 rings (SSSR count). The first-order valence-electron chi connectivity index (χ1n) is 7.01. The zero-order chi connectivity index (χ0) is 15.0. The number of aryl methyl sites for hydroxylation is 2. The third kappa shape index (κ3) is 2.25. The van der Waals surface area contributed by atoms with Crippen LogP contribution in [0, 0.1) is 12.7 Å². The predicted molar refractivity (Wildman–Crippen MR) is 82.2 cm³/mol. The first-order chi connectivity index (χ1) is 10.1. The van der Waals surface area contributed by atoms with E-state index >= 15 is 0 Å². The molecule has 2 aromatic carbocycles. The Morgan fingerprint density at radius 3 is 2.76 bits per heavy atom. The lowest BCUT2D eigenvalue weighted by Crippen LogP contribution is -2.04. The van der Waals surface area contributed by atoms with Crippen molar-refractivity contribution in [2.75, 3.05) is 0 Å². The highest BCUT2D eigenvalue weighted by molar-refractivity contribution is 6.16. The first kappa shape index (κ1) is 13.6. The van der Waals surface area contributed by atoms with Crippen LogP contribution in [0.5, 0.6) is 0 Å². The molecule has 0 fully saturated rings. The fourth-order valence-corrected chi connectivity index (χ4v) is 2.66. The molecule has 0 spiro atoms. The highest BCUT2D eigenvalue weighted by Crippen LogP contribution is 2.25. The number of benzene rings is 2. The molecule has 106 valence electrons. The molecule has 0 aliphatic heterocycles.